The summed E-state index contributed by atoms with van der Waals surface area (Å²) in [6.07, 6.45) is -3.51. The minimum atomic E-state index is -4.64. The first kappa shape index (κ1) is 21.6. The number of alkyl halides is 3. The van der Waals surface area contributed by atoms with Gasteiger partial charge in [0.1, 0.15) is 6.54 Å². The van der Waals surface area contributed by atoms with Crippen LogP contribution in [0.25, 0.3) is 11.3 Å². The number of rotatable bonds is 6. The molecule has 0 atom stereocenters. The molecule has 30 heavy (non-hydrogen) atoms. The number of hydrogen-bond donors (Lipinski definition) is 1. The second-order valence-corrected chi connectivity index (χ2v) is 8.41. The molecule has 1 amide bonds. The van der Waals surface area contributed by atoms with Crippen molar-refractivity contribution in [3.8, 4) is 11.3 Å². The number of aromatic nitrogens is 2. The quantitative estimate of drug-likeness (QED) is 0.641. The van der Waals surface area contributed by atoms with Gasteiger partial charge >= 0.3 is 6.18 Å². The highest BCUT2D eigenvalue weighted by molar-refractivity contribution is 7.90. The molecule has 0 aliphatic rings. The number of imidazole rings is 1. The van der Waals surface area contributed by atoms with Gasteiger partial charge < -0.3 is 9.88 Å². The molecule has 6 nitrogen and oxygen atoms in total. The summed E-state index contributed by atoms with van der Waals surface area (Å²) in [7, 11) is -2.73. The Morgan fingerprint density at radius 2 is 1.70 bits per heavy atom. The van der Waals surface area contributed by atoms with E-state index in [9.17, 15) is 26.4 Å². The lowest BCUT2D eigenvalue weighted by Gasteiger charge is -2.14. The molecule has 1 aromatic heterocycles. The van der Waals surface area contributed by atoms with Crippen molar-refractivity contribution in [2.45, 2.75) is 23.6 Å². The maximum absolute atomic E-state index is 13.2. The summed E-state index contributed by atoms with van der Waals surface area (Å²) in [6, 6.07) is 13.9. The molecule has 10 heteroatoms. The van der Waals surface area contributed by atoms with Crippen molar-refractivity contribution < 1.29 is 26.4 Å². The fraction of sp³-hybridized carbons (Fsp3) is 0.200. The first-order valence-corrected chi connectivity index (χ1v) is 10.5. The lowest BCUT2D eigenvalue weighted by Crippen LogP contribution is -2.22. The number of sulfone groups is 1. The van der Waals surface area contributed by atoms with Crippen LogP contribution in [0.4, 0.5) is 13.2 Å². The van der Waals surface area contributed by atoms with Crippen molar-refractivity contribution >= 4 is 15.7 Å². The maximum Gasteiger partial charge on any atom is 0.406 e. The summed E-state index contributed by atoms with van der Waals surface area (Å²) < 4.78 is 66.0. The van der Waals surface area contributed by atoms with E-state index >= 15 is 0 Å². The average molecular weight is 437 g/mol. The number of nitrogens with zero attached hydrogens (tertiary/aromatic N) is 2. The van der Waals surface area contributed by atoms with Crippen molar-refractivity contribution in [2.24, 2.45) is 0 Å². The highest BCUT2D eigenvalue weighted by atomic mass is 32.2. The van der Waals surface area contributed by atoms with E-state index in [1.54, 1.807) is 30.3 Å². The van der Waals surface area contributed by atoms with Gasteiger partial charge in [-0.1, -0.05) is 42.5 Å². The molecule has 0 saturated heterocycles. The van der Waals surface area contributed by atoms with Crippen LogP contribution in [-0.2, 0) is 22.1 Å². The second-order valence-electron chi connectivity index (χ2n) is 6.53. The first-order chi connectivity index (χ1) is 14.1. The zero-order valence-corrected chi connectivity index (χ0v) is 16.7. The van der Waals surface area contributed by atoms with Gasteiger partial charge in [-0.25, -0.2) is 13.4 Å². The number of carbonyl (C=O) groups is 1. The van der Waals surface area contributed by atoms with Crippen LogP contribution in [-0.4, -0.2) is 37.1 Å². The molecule has 0 bridgehead atoms. The molecule has 0 fully saturated rings. The van der Waals surface area contributed by atoms with Crippen LogP contribution in [0.2, 0.25) is 0 Å². The van der Waals surface area contributed by atoms with Crippen molar-refractivity contribution in [1.29, 1.82) is 0 Å². The maximum atomic E-state index is 13.2. The number of carbonyl (C=O) groups excluding carboxylic acids is 1. The van der Waals surface area contributed by atoms with Gasteiger partial charge in [-0.3, -0.25) is 4.79 Å². The van der Waals surface area contributed by atoms with E-state index in [0.717, 1.165) is 6.20 Å². The van der Waals surface area contributed by atoms with Crippen LogP contribution >= 0.6 is 0 Å². The highest BCUT2D eigenvalue weighted by Gasteiger charge is 2.34. The molecule has 0 spiro atoms. The predicted octanol–water partition coefficient (Wildman–Crippen LogP) is 3.45. The van der Waals surface area contributed by atoms with Gasteiger partial charge in [0.2, 0.25) is 15.0 Å². The number of amides is 1. The standard InChI is InChI=1S/C20H18F3N3O3S/c1-24-18(27)16-9-7-14(8-10-16)12-30(28,29)19-25-11-17(15-5-3-2-4-6-15)26(19)13-20(21,22)23/h2-11H,12-13H2,1H3,(H,24,27). The third-order valence-electron chi connectivity index (χ3n) is 4.30. The highest BCUT2D eigenvalue weighted by Crippen LogP contribution is 2.29. The van der Waals surface area contributed by atoms with Gasteiger partial charge in [0.15, 0.2) is 0 Å². The molecule has 3 rings (SSSR count). The molecule has 0 radical (unpaired) electrons. The van der Waals surface area contributed by atoms with Crippen LogP contribution in [0, 0.1) is 0 Å². The minimum Gasteiger partial charge on any atom is -0.355 e. The van der Waals surface area contributed by atoms with Gasteiger partial charge in [0.05, 0.1) is 17.6 Å². The van der Waals surface area contributed by atoms with E-state index in [2.05, 4.69) is 10.3 Å². The molecular weight excluding hydrogens is 419 g/mol. The van der Waals surface area contributed by atoms with Gasteiger partial charge in [-0.2, -0.15) is 13.2 Å². The Labute approximate surface area is 171 Å². The molecule has 1 N–H and O–H groups in total. The van der Waals surface area contributed by atoms with E-state index in [1.165, 1.54) is 31.3 Å². The average Bonchev–Trinajstić information content (AvgIpc) is 3.11. The molecule has 2 aromatic carbocycles. The van der Waals surface area contributed by atoms with Gasteiger partial charge in [-0.05, 0) is 23.3 Å². The normalized spacial score (nSPS) is 12.0. The first-order valence-electron chi connectivity index (χ1n) is 8.82. The molecule has 0 unspecified atom stereocenters. The Morgan fingerprint density at radius 3 is 2.27 bits per heavy atom. The van der Waals surface area contributed by atoms with Crippen LogP contribution < -0.4 is 5.32 Å². The predicted molar refractivity (Wildman–Crippen MR) is 104 cm³/mol. The summed E-state index contributed by atoms with van der Waals surface area (Å²) >= 11 is 0. The molecule has 1 heterocycles. The fourth-order valence-corrected chi connectivity index (χ4v) is 4.43. The summed E-state index contributed by atoms with van der Waals surface area (Å²) in [5, 5.41) is 1.79. The van der Waals surface area contributed by atoms with E-state index in [-0.39, 0.29) is 11.6 Å². The van der Waals surface area contributed by atoms with E-state index in [4.69, 9.17) is 0 Å². The summed E-state index contributed by atoms with van der Waals surface area (Å²) in [4.78, 5) is 15.4. The van der Waals surface area contributed by atoms with Gasteiger partial charge in [0.25, 0.3) is 5.91 Å². The monoisotopic (exact) mass is 437 g/mol. The summed E-state index contributed by atoms with van der Waals surface area (Å²) in [5.74, 6) is -0.887. The number of nitrogens with one attached hydrogen (secondary N) is 1. The van der Waals surface area contributed by atoms with Crippen molar-refractivity contribution in [2.75, 3.05) is 7.05 Å². The Bertz CT molecular complexity index is 1140. The van der Waals surface area contributed by atoms with E-state index in [1.807, 2.05) is 0 Å². The van der Waals surface area contributed by atoms with E-state index < -0.39 is 33.5 Å². The molecule has 0 aliphatic heterocycles. The Balaban J connectivity index is 1.99. The SMILES string of the molecule is CNC(=O)c1ccc(CS(=O)(=O)c2ncc(-c3ccccc3)n2CC(F)(F)F)cc1. The molecule has 0 aliphatic carbocycles. The number of hydrogen-bond acceptors (Lipinski definition) is 4. The van der Waals surface area contributed by atoms with Crippen molar-refractivity contribution in [3.63, 3.8) is 0 Å². The van der Waals surface area contributed by atoms with Gasteiger partial charge in [-0.15, -0.1) is 0 Å². The Kier molecular flexibility index (Phi) is 5.97. The van der Waals surface area contributed by atoms with Gasteiger partial charge in [0, 0.05) is 12.6 Å². The number of benzene rings is 2. The largest absolute Gasteiger partial charge is 0.406 e. The number of halogens is 3. The van der Waals surface area contributed by atoms with Crippen LogP contribution in [0.5, 0.6) is 0 Å². The van der Waals surface area contributed by atoms with Crippen LogP contribution in [0.1, 0.15) is 15.9 Å². The Hall–Kier alpha value is -3.14. The fourth-order valence-electron chi connectivity index (χ4n) is 2.96. The van der Waals surface area contributed by atoms with Crippen LogP contribution in [0.15, 0.2) is 66.0 Å². The van der Waals surface area contributed by atoms with Crippen molar-refractivity contribution in [1.82, 2.24) is 14.9 Å². The smallest absolute Gasteiger partial charge is 0.355 e. The lowest BCUT2D eigenvalue weighted by atomic mass is 10.1. The topological polar surface area (TPSA) is 81.1 Å². The minimum absolute atomic E-state index is 0.0569. The summed E-state index contributed by atoms with van der Waals surface area (Å²) in [5.41, 5.74) is 1.14. The molecule has 0 saturated carbocycles. The molecule has 158 valence electrons. The van der Waals surface area contributed by atoms with Crippen molar-refractivity contribution in [3.05, 3.63) is 71.9 Å². The second kappa shape index (κ2) is 8.31. The third-order valence-corrected chi connectivity index (χ3v) is 5.90. The lowest BCUT2D eigenvalue weighted by molar-refractivity contribution is -0.141. The third kappa shape index (κ3) is 4.88. The Morgan fingerprint density at radius 1 is 1.07 bits per heavy atom. The zero-order chi connectivity index (χ0) is 21.9. The zero-order valence-electron chi connectivity index (χ0n) is 15.8. The van der Waals surface area contributed by atoms with Crippen LogP contribution in [0.3, 0.4) is 0 Å². The van der Waals surface area contributed by atoms with E-state index in [0.29, 0.717) is 21.3 Å². The molecular formula is C20H18F3N3O3S. The molecule has 3 aromatic rings. The summed E-state index contributed by atoms with van der Waals surface area (Å²) in [6.45, 7) is -1.48.